The van der Waals surface area contributed by atoms with Gasteiger partial charge in [0.05, 0.1) is 17.9 Å². The summed E-state index contributed by atoms with van der Waals surface area (Å²) in [4.78, 5) is 24.8. The molecule has 2 aromatic carbocycles. The van der Waals surface area contributed by atoms with Gasteiger partial charge < -0.3 is 4.74 Å². The Kier molecular flexibility index (Phi) is 5.96. The van der Waals surface area contributed by atoms with E-state index in [0.717, 1.165) is 0 Å². The van der Waals surface area contributed by atoms with Crippen LogP contribution >= 0.6 is 11.6 Å². The number of amides is 1. The van der Waals surface area contributed by atoms with E-state index in [2.05, 4.69) is 15.6 Å². The van der Waals surface area contributed by atoms with Crippen molar-refractivity contribution in [2.45, 2.75) is 13.8 Å². The van der Waals surface area contributed by atoms with E-state index in [1.54, 1.807) is 38.1 Å². The average Bonchev–Trinajstić information content (AvgIpc) is 2.99. The summed E-state index contributed by atoms with van der Waals surface area (Å²) in [6, 6.07) is 16.0. The van der Waals surface area contributed by atoms with E-state index < -0.39 is 6.09 Å². The summed E-state index contributed by atoms with van der Waals surface area (Å²) in [5.41, 5.74) is 4.60. The van der Waals surface area contributed by atoms with Crippen LogP contribution in [0.2, 0.25) is 5.02 Å². The Morgan fingerprint density at radius 2 is 1.86 bits per heavy atom. The van der Waals surface area contributed by atoms with E-state index in [0.29, 0.717) is 33.2 Å². The number of ether oxygens (including phenoxy) is 1. The number of nitrogens with one attached hydrogen (secondary N) is 2. The van der Waals surface area contributed by atoms with Crippen LogP contribution in [-0.4, -0.2) is 28.2 Å². The molecule has 2 N–H and O–H groups in total. The van der Waals surface area contributed by atoms with E-state index in [9.17, 15) is 9.59 Å². The predicted molar refractivity (Wildman–Crippen MR) is 108 cm³/mol. The van der Waals surface area contributed by atoms with Crippen LogP contribution < -0.4 is 11.0 Å². The van der Waals surface area contributed by atoms with Gasteiger partial charge in [-0.1, -0.05) is 41.9 Å². The van der Waals surface area contributed by atoms with Crippen molar-refractivity contribution in [3.8, 4) is 5.69 Å². The van der Waals surface area contributed by atoms with E-state index in [1.807, 2.05) is 30.3 Å². The number of aryl methyl sites for hydroxylation is 1. The number of aromatic nitrogens is 2. The molecule has 0 atom stereocenters. The number of hydrazone groups is 1. The van der Waals surface area contributed by atoms with Crippen LogP contribution in [0.1, 0.15) is 23.7 Å². The van der Waals surface area contributed by atoms with Crippen LogP contribution in [0.4, 0.5) is 4.79 Å². The number of carbonyl (C=O) groups is 1. The fourth-order valence-electron chi connectivity index (χ4n) is 2.72. The number of hydrogen-bond acceptors (Lipinski definition) is 4. The van der Waals surface area contributed by atoms with Gasteiger partial charge in [-0.2, -0.15) is 5.10 Å². The maximum atomic E-state index is 13.1. The second-order valence-electron chi connectivity index (χ2n) is 5.89. The van der Waals surface area contributed by atoms with Crippen LogP contribution in [0.3, 0.4) is 0 Å². The van der Waals surface area contributed by atoms with Gasteiger partial charge in [0.25, 0.3) is 5.56 Å². The van der Waals surface area contributed by atoms with Crippen molar-refractivity contribution >= 4 is 23.4 Å². The summed E-state index contributed by atoms with van der Waals surface area (Å²) in [6.45, 7) is 3.67. The van der Waals surface area contributed by atoms with E-state index in [4.69, 9.17) is 16.3 Å². The smallest absolute Gasteiger partial charge is 0.427 e. The number of carbonyl (C=O) groups excluding carboxylic acids is 1. The number of H-pyrrole nitrogens is 1. The van der Waals surface area contributed by atoms with Crippen molar-refractivity contribution in [2.75, 3.05) is 6.61 Å². The highest BCUT2D eigenvalue weighted by Gasteiger charge is 2.20. The SMILES string of the molecule is CCOC(=O)N/N=C(\c1ccc(Cl)cc1)c1c(C)[nH]n(-c2ccccc2)c1=O. The predicted octanol–water partition coefficient (Wildman–Crippen LogP) is 3.63. The number of halogens is 1. The second kappa shape index (κ2) is 8.58. The normalized spacial score (nSPS) is 11.3. The number of nitrogens with zero attached hydrogens (tertiary/aromatic N) is 2. The zero-order valence-electron chi connectivity index (χ0n) is 15.4. The van der Waals surface area contributed by atoms with Gasteiger partial charge in [0, 0.05) is 16.3 Å². The van der Waals surface area contributed by atoms with Gasteiger partial charge in [0.2, 0.25) is 0 Å². The topological polar surface area (TPSA) is 88.5 Å². The van der Waals surface area contributed by atoms with Crippen molar-refractivity contribution in [1.82, 2.24) is 15.2 Å². The molecule has 3 aromatic rings. The van der Waals surface area contributed by atoms with Crippen LogP contribution in [0.15, 0.2) is 64.5 Å². The molecule has 0 bridgehead atoms. The third-order valence-corrected chi connectivity index (χ3v) is 4.23. The minimum Gasteiger partial charge on any atom is -0.449 e. The van der Waals surface area contributed by atoms with Crippen LogP contribution in [0.25, 0.3) is 5.69 Å². The molecular weight excluding hydrogens is 380 g/mol. The molecule has 0 saturated carbocycles. The average molecular weight is 399 g/mol. The summed E-state index contributed by atoms with van der Waals surface area (Å²) in [5.74, 6) is 0. The minimum absolute atomic E-state index is 0.210. The Balaban J connectivity index is 2.12. The molecule has 0 fully saturated rings. The summed E-state index contributed by atoms with van der Waals surface area (Å²) in [5, 5.41) is 7.76. The minimum atomic E-state index is -0.703. The lowest BCUT2D eigenvalue weighted by molar-refractivity contribution is 0.152. The van der Waals surface area contributed by atoms with Gasteiger partial charge in [-0.05, 0) is 38.1 Å². The lowest BCUT2D eigenvalue weighted by atomic mass is 10.0. The Bertz CT molecular complexity index is 1050. The fourth-order valence-corrected chi connectivity index (χ4v) is 2.85. The fraction of sp³-hybridized carbons (Fsp3) is 0.150. The van der Waals surface area contributed by atoms with E-state index in [1.165, 1.54) is 4.68 Å². The lowest BCUT2D eigenvalue weighted by Crippen LogP contribution is -2.25. The first-order valence-electron chi connectivity index (χ1n) is 8.65. The largest absolute Gasteiger partial charge is 0.449 e. The zero-order valence-corrected chi connectivity index (χ0v) is 16.2. The molecule has 0 spiro atoms. The summed E-state index contributed by atoms with van der Waals surface area (Å²) in [6.07, 6.45) is -0.703. The first-order valence-corrected chi connectivity index (χ1v) is 9.03. The van der Waals surface area contributed by atoms with Gasteiger partial charge in [0.1, 0.15) is 5.71 Å². The van der Waals surface area contributed by atoms with E-state index in [-0.39, 0.29) is 12.2 Å². The third kappa shape index (κ3) is 4.15. The summed E-state index contributed by atoms with van der Waals surface area (Å²) in [7, 11) is 0. The maximum Gasteiger partial charge on any atom is 0.427 e. The molecule has 0 unspecified atom stereocenters. The van der Waals surface area contributed by atoms with E-state index >= 15 is 0 Å². The lowest BCUT2D eigenvalue weighted by Gasteiger charge is -2.07. The maximum absolute atomic E-state index is 13.1. The summed E-state index contributed by atoms with van der Waals surface area (Å²) >= 11 is 5.98. The molecule has 0 radical (unpaired) electrons. The number of para-hydroxylation sites is 1. The molecule has 0 aliphatic rings. The Labute approximate surface area is 166 Å². The van der Waals surface area contributed by atoms with Crippen LogP contribution in [0, 0.1) is 6.92 Å². The van der Waals surface area contributed by atoms with Crippen LogP contribution in [-0.2, 0) is 4.74 Å². The molecule has 7 nitrogen and oxygen atoms in total. The monoisotopic (exact) mass is 398 g/mol. The molecule has 0 aliphatic carbocycles. The Hall–Kier alpha value is -3.32. The third-order valence-electron chi connectivity index (χ3n) is 3.97. The van der Waals surface area contributed by atoms with Crippen molar-refractivity contribution in [2.24, 2.45) is 5.10 Å². The van der Waals surface area contributed by atoms with Gasteiger partial charge in [-0.15, -0.1) is 0 Å². The van der Waals surface area contributed by atoms with Gasteiger partial charge in [-0.3, -0.25) is 9.89 Å². The van der Waals surface area contributed by atoms with Crippen LogP contribution in [0.5, 0.6) is 0 Å². The van der Waals surface area contributed by atoms with Gasteiger partial charge >= 0.3 is 6.09 Å². The highest BCUT2D eigenvalue weighted by atomic mass is 35.5. The van der Waals surface area contributed by atoms with Crippen molar-refractivity contribution in [3.63, 3.8) is 0 Å². The highest BCUT2D eigenvalue weighted by molar-refractivity contribution is 6.30. The second-order valence-corrected chi connectivity index (χ2v) is 6.32. The van der Waals surface area contributed by atoms with Crippen molar-refractivity contribution in [1.29, 1.82) is 0 Å². The molecule has 0 saturated heterocycles. The molecule has 144 valence electrons. The molecule has 28 heavy (non-hydrogen) atoms. The standard InChI is InChI=1S/C20H19ClN4O3/c1-3-28-20(27)23-22-18(14-9-11-15(21)12-10-14)17-13(2)24-25(19(17)26)16-7-5-4-6-8-16/h4-12,24H,3H2,1-2H3,(H,23,27)/b22-18+. The molecular formula is C20H19ClN4O3. The molecule has 8 heteroatoms. The number of hydrogen-bond donors (Lipinski definition) is 2. The Morgan fingerprint density at radius 3 is 2.50 bits per heavy atom. The van der Waals surface area contributed by atoms with Gasteiger partial charge in [0.15, 0.2) is 0 Å². The van der Waals surface area contributed by atoms with Gasteiger partial charge in [-0.25, -0.2) is 14.9 Å². The first kappa shape index (κ1) is 19.4. The first-order chi connectivity index (χ1) is 13.5. The molecule has 1 aromatic heterocycles. The van der Waals surface area contributed by atoms with Crippen molar-refractivity contribution < 1.29 is 9.53 Å². The number of aromatic amines is 1. The van der Waals surface area contributed by atoms with Crippen molar-refractivity contribution in [3.05, 3.63) is 86.8 Å². The summed E-state index contributed by atoms with van der Waals surface area (Å²) < 4.78 is 6.28. The highest BCUT2D eigenvalue weighted by Crippen LogP contribution is 2.16. The zero-order chi connectivity index (χ0) is 20.1. The number of benzene rings is 2. The Morgan fingerprint density at radius 1 is 1.18 bits per heavy atom. The number of rotatable bonds is 5. The molecule has 1 heterocycles. The molecule has 1 amide bonds. The molecule has 3 rings (SSSR count). The quantitative estimate of drug-likeness (QED) is 0.508. The molecule has 0 aliphatic heterocycles.